The smallest absolute Gasteiger partial charge is 0.131 e. The van der Waals surface area contributed by atoms with E-state index in [2.05, 4.69) is 11.1 Å². The zero-order valence-electron chi connectivity index (χ0n) is 8.77. The number of aliphatic hydroxyl groups excluding tert-OH is 1. The fourth-order valence-corrected chi connectivity index (χ4v) is 2.27. The van der Waals surface area contributed by atoms with Crippen LogP contribution < -0.4 is 0 Å². The first-order valence-corrected chi connectivity index (χ1v) is 5.71. The molecule has 3 heteroatoms. The second kappa shape index (κ2) is 4.13. The van der Waals surface area contributed by atoms with Crippen LogP contribution in [0, 0.1) is 13.8 Å². The molecular formula is C12H13NOS. The first-order valence-electron chi connectivity index (χ1n) is 4.83. The summed E-state index contributed by atoms with van der Waals surface area (Å²) < 4.78 is 0. The highest BCUT2D eigenvalue weighted by atomic mass is 32.1. The summed E-state index contributed by atoms with van der Waals surface area (Å²) in [7, 11) is 0. The molecule has 1 aromatic heterocycles. The van der Waals surface area contributed by atoms with E-state index in [1.165, 1.54) is 16.9 Å². The van der Waals surface area contributed by atoms with E-state index in [0.717, 1.165) is 16.1 Å². The van der Waals surface area contributed by atoms with Gasteiger partial charge in [-0.25, -0.2) is 4.98 Å². The van der Waals surface area contributed by atoms with Crippen LogP contribution in [0.2, 0.25) is 0 Å². The van der Waals surface area contributed by atoms with Crippen molar-refractivity contribution in [3.05, 3.63) is 51.5 Å². The first-order chi connectivity index (χ1) is 7.18. The summed E-state index contributed by atoms with van der Waals surface area (Å²) in [4.78, 5) is 4.12. The minimum atomic E-state index is -0.592. The van der Waals surface area contributed by atoms with Crippen molar-refractivity contribution < 1.29 is 5.11 Å². The molecule has 78 valence electrons. The van der Waals surface area contributed by atoms with Gasteiger partial charge in [-0.15, -0.1) is 11.3 Å². The lowest BCUT2D eigenvalue weighted by Crippen LogP contribution is -2.01. The molecule has 1 N–H and O–H groups in total. The van der Waals surface area contributed by atoms with Crippen molar-refractivity contribution in [3.63, 3.8) is 0 Å². The molecule has 0 saturated carbocycles. The van der Waals surface area contributed by atoms with Crippen molar-refractivity contribution in [1.82, 2.24) is 4.98 Å². The fourth-order valence-electron chi connectivity index (χ4n) is 1.63. The van der Waals surface area contributed by atoms with Gasteiger partial charge in [-0.3, -0.25) is 0 Å². The van der Waals surface area contributed by atoms with E-state index in [4.69, 9.17) is 0 Å². The van der Waals surface area contributed by atoms with Gasteiger partial charge in [-0.2, -0.15) is 0 Å². The fraction of sp³-hybridized carbons (Fsp3) is 0.250. The van der Waals surface area contributed by atoms with Gasteiger partial charge in [-0.1, -0.05) is 23.8 Å². The third-order valence-electron chi connectivity index (χ3n) is 2.41. The van der Waals surface area contributed by atoms with Crippen molar-refractivity contribution >= 4 is 11.3 Å². The van der Waals surface area contributed by atoms with Crippen molar-refractivity contribution in [2.75, 3.05) is 0 Å². The normalized spacial score (nSPS) is 12.7. The van der Waals surface area contributed by atoms with Crippen LogP contribution in [0.25, 0.3) is 0 Å². The summed E-state index contributed by atoms with van der Waals surface area (Å²) in [5.74, 6) is 0. The van der Waals surface area contributed by atoms with Crippen LogP contribution >= 0.6 is 11.3 Å². The highest BCUT2D eigenvalue weighted by molar-refractivity contribution is 7.09. The lowest BCUT2D eigenvalue weighted by molar-refractivity contribution is 0.219. The lowest BCUT2D eigenvalue weighted by Gasteiger charge is -2.11. The number of aromatic nitrogens is 1. The van der Waals surface area contributed by atoms with Gasteiger partial charge >= 0.3 is 0 Å². The molecule has 0 radical (unpaired) electrons. The first kappa shape index (κ1) is 10.3. The van der Waals surface area contributed by atoms with Crippen LogP contribution in [0.3, 0.4) is 0 Å². The molecule has 15 heavy (non-hydrogen) atoms. The Hall–Kier alpha value is -1.19. The highest BCUT2D eigenvalue weighted by Crippen LogP contribution is 2.26. The molecule has 1 unspecified atom stereocenters. The van der Waals surface area contributed by atoms with Crippen LogP contribution in [0.4, 0.5) is 0 Å². The standard InChI is InChI=1S/C12H13NOS/c1-8-3-4-10(9(2)7-8)11(14)12-13-5-6-15-12/h3-7,11,14H,1-2H3. The summed E-state index contributed by atoms with van der Waals surface area (Å²) in [5, 5.41) is 12.7. The SMILES string of the molecule is Cc1ccc(C(O)c2nccs2)c(C)c1. The summed E-state index contributed by atoms with van der Waals surface area (Å²) in [6, 6.07) is 6.06. The number of aliphatic hydroxyl groups is 1. The lowest BCUT2D eigenvalue weighted by atomic mass is 10.0. The van der Waals surface area contributed by atoms with E-state index in [-0.39, 0.29) is 0 Å². The van der Waals surface area contributed by atoms with E-state index in [1.54, 1.807) is 6.20 Å². The van der Waals surface area contributed by atoms with Crippen molar-refractivity contribution in [1.29, 1.82) is 0 Å². The zero-order valence-corrected chi connectivity index (χ0v) is 9.58. The van der Waals surface area contributed by atoms with Gasteiger partial charge < -0.3 is 5.11 Å². The third-order valence-corrected chi connectivity index (χ3v) is 3.23. The Balaban J connectivity index is 2.38. The molecule has 1 heterocycles. The summed E-state index contributed by atoms with van der Waals surface area (Å²) in [5.41, 5.74) is 3.26. The summed E-state index contributed by atoms with van der Waals surface area (Å²) in [6.07, 6.45) is 1.12. The van der Waals surface area contributed by atoms with Crippen molar-refractivity contribution in [2.45, 2.75) is 20.0 Å². The number of aryl methyl sites for hydroxylation is 2. The van der Waals surface area contributed by atoms with Crippen LogP contribution in [-0.4, -0.2) is 10.1 Å². The number of rotatable bonds is 2. The monoisotopic (exact) mass is 219 g/mol. The molecule has 2 nitrogen and oxygen atoms in total. The molecule has 0 amide bonds. The Morgan fingerprint density at radius 1 is 1.33 bits per heavy atom. The molecule has 1 atom stereocenters. The Kier molecular flexibility index (Phi) is 2.84. The van der Waals surface area contributed by atoms with Gasteiger partial charge in [0.2, 0.25) is 0 Å². The number of thiazole rings is 1. The maximum Gasteiger partial charge on any atom is 0.131 e. The average molecular weight is 219 g/mol. The van der Waals surface area contributed by atoms with E-state index in [1.807, 2.05) is 31.4 Å². The predicted octanol–water partition coefficient (Wildman–Crippen LogP) is 2.84. The summed E-state index contributed by atoms with van der Waals surface area (Å²) >= 11 is 1.48. The van der Waals surface area contributed by atoms with Gasteiger partial charge in [0.25, 0.3) is 0 Å². The molecule has 2 aromatic rings. The van der Waals surface area contributed by atoms with Gasteiger partial charge in [0, 0.05) is 11.6 Å². The van der Waals surface area contributed by atoms with Gasteiger partial charge in [-0.05, 0) is 25.0 Å². The summed E-state index contributed by atoms with van der Waals surface area (Å²) in [6.45, 7) is 4.06. The molecule has 0 saturated heterocycles. The van der Waals surface area contributed by atoms with E-state index in [0.29, 0.717) is 0 Å². The van der Waals surface area contributed by atoms with Crippen molar-refractivity contribution in [3.8, 4) is 0 Å². The molecule has 0 bridgehead atoms. The minimum Gasteiger partial charge on any atom is -0.381 e. The van der Waals surface area contributed by atoms with Gasteiger partial charge in [0.15, 0.2) is 0 Å². The van der Waals surface area contributed by atoms with Crippen LogP contribution in [-0.2, 0) is 0 Å². The second-order valence-corrected chi connectivity index (χ2v) is 4.56. The van der Waals surface area contributed by atoms with Gasteiger partial charge in [0.1, 0.15) is 11.1 Å². The average Bonchev–Trinajstić information content (AvgIpc) is 2.69. The highest BCUT2D eigenvalue weighted by Gasteiger charge is 2.14. The molecule has 0 aliphatic carbocycles. The molecule has 2 rings (SSSR count). The number of benzene rings is 1. The van der Waals surface area contributed by atoms with Crippen LogP contribution in [0.15, 0.2) is 29.8 Å². The molecule has 1 aromatic carbocycles. The second-order valence-electron chi connectivity index (χ2n) is 3.63. The maximum absolute atomic E-state index is 10.1. The quantitative estimate of drug-likeness (QED) is 0.842. The minimum absolute atomic E-state index is 0.592. The number of nitrogens with zero attached hydrogens (tertiary/aromatic N) is 1. The largest absolute Gasteiger partial charge is 0.381 e. The molecule has 0 spiro atoms. The van der Waals surface area contributed by atoms with Gasteiger partial charge in [0.05, 0.1) is 0 Å². The molecular weight excluding hydrogens is 206 g/mol. The third kappa shape index (κ3) is 2.08. The van der Waals surface area contributed by atoms with Crippen LogP contribution in [0.5, 0.6) is 0 Å². The Morgan fingerprint density at radius 3 is 2.73 bits per heavy atom. The molecule has 0 fully saturated rings. The van der Waals surface area contributed by atoms with Crippen LogP contribution in [0.1, 0.15) is 27.8 Å². The Bertz CT molecular complexity index is 451. The Labute approximate surface area is 93.2 Å². The Morgan fingerprint density at radius 2 is 2.13 bits per heavy atom. The maximum atomic E-state index is 10.1. The molecule has 0 aliphatic heterocycles. The number of hydrogen-bond acceptors (Lipinski definition) is 3. The van der Waals surface area contributed by atoms with E-state index < -0.39 is 6.10 Å². The van der Waals surface area contributed by atoms with E-state index >= 15 is 0 Å². The topological polar surface area (TPSA) is 33.1 Å². The van der Waals surface area contributed by atoms with E-state index in [9.17, 15) is 5.11 Å². The number of hydrogen-bond donors (Lipinski definition) is 1. The molecule has 0 aliphatic rings. The van der Waals surface area contributed by atoms with Crippen molar-refractivity contribution in [2.24, 2.45) is 0 Å². The zero-order chi connectivity index (χ0) is 10.8. The predicted molar refractivity (Wildman–Crippen MR) is 62.1 cm³/mol.